The minimum absolute atomic E-state index is 0.967. The molecule has 0 aliphatic rings. The molecule has 0 fully saturated rings. The molecular weight excluding hydrogens is 400 g/mol. The molecule has 6 rings (SSSR count). The van der Waals surface area contributed by atoms with Crippen molar-refractivity contribution in [3.05, 3.63) is 97.1 Å². The van der Waals surface area contributed by atoms with Crippen molar-refractivity contribution in [1.29, 1.82) is 0 Å². The predicted octanol–water partition coefficient (Wildman–Crippen LogP) is 8.54. The summed E-state index contributed by atoms with van der Waals surface area (Å²) in [6, 6.07) is 34.5. The van der Waals surface area contributed by atoms with Gasteiger partial charge in [0.25, 0.3) is 0 Å². The Bertz CT molecular complexity index is 1490. The van der Waals surface area contributed by atoms with Gasteiger partial charge in [-0.05, 0) is 55.2 Å². The van der Waals surface area contributed by atoms with E-state index in [1.165, 1.54) is 43.1 Å². The van der Waals surface area contributed by atoms with Gasteiger partial charge in [0.15, 0.2) is 0 Å². The van der Waals surface area contributed by atoms with Gasteiger partial charge in [-0.15, -0.1) is 25.3 Å². The zero-order valence-corrected chi connectivity index (χ0v) is 17.9. The van der Waals surface area contributed by atoms with Crippen LogP contribution in [-0.4, -0.2) is 0 Å². The van der Waals surface area contributed by atoms with E-state index in [4.69, 9.17) is 25.3 Å². The molecule has 0 N–H and O–H groups in total. The molecule has 6 aromatic carbocycles. The van der Waals surface area contributed by atoms with E-state index in [0.717, 1.165) is 20.9 Å². The zero-order chi connectivity index (χ0) is 20.2. The molecule has 30 heavy (non-hydrogen) atoms. The first-order chi connectivity index (χ1) is 14.7. The van der Waals surface area contributed by atoms with Gasteiger partial charge in [0, 0.05) is 20.9 Å². The van der Waals surface area contributed by atoms with Gasteiger partial charge in [-0.1, -0.05) is 84.9 Å². The van der Waals surface area contributed by atoms with E-state index < -0.39 is 0 Å². The summed E-state index contributed by atoms with van der Waals surface area (Å²) in [4.78, 5) is 1.93. The fraction of sp³-hybridized carbons (Fsp3) is 0. The van der Waals surface area contributed by atoms with Crippen molar-refractivity contribution in [2.45, 2.75) is 9.79 Å². The van der Waals surface area contributed by atoms with Crippen LogP contribution >= 0.6 is 25.3 Å². The number of rotatable bonds is 1. The molecule has 0 bridgehead atoms. The number of thiol groups is 2. The van der Waals surface area contributed by atoms with Crippen molar-refractivity contribution >= 4 is 68.3 Å². The van der Waals surface area contributed by atoms with Crippen LogP contribution in [0.1, 0.15) is 0 Å². The molecule has 0 radical (unpaired) electrons. The molecule has 0 aromatic heterocycles. The van der Waals surface area contributed by atoms with Gasteiger partial charge in [-0.3, -0.25) is 0 Å². The lowest BCUT2D eigenvalue weighted by molar-refractivity contribution is 1.45. The Labute approximate surface area is 186 Å². The molecule has 0 amide bonds. The van der Waals surface area contributed by atoms with Crippen LogP contribution in [0.15, 0.2) is 107 Å². The number of benzene rings is 6. The molecule has 0 unspecified atom stereocenters. The summed E-state index contributed by atoms with van der Waals surface area (Å²) in [5.41, 5.74) is 2.30. The van der Waals surface area contributed by atoms with E-state index in [1.807, 2.05) is 0 Å². The van der Waals surface area contributed by atoms with Gasteiger partial charge >= 0.3 is 0 Å². The lowest BCUT2D eigenvalue weighted by Gasteiger charge is -2.18. The van der Waals surface area contributed by atoms with Crippen LogP contribution in [0.3, 0.4) is 0 Å². The number of hydrogen-bond acceptors (Lipinski definition) is 2. The number of fused-ring (bicyclic) bond motifs is 6. The van der Waals surface area contributed by atoms with Crippen LogP contribution in [0.25, 0.3) is 54.2 Å². The van der Waals surface area contributed by atoms with Crippen molar-refractivity contribution < 1.29 is 0 Å². The molecule has 2 heteroatoms. The normalized spacial score (nSPS) is 11.7. The van der Waals surface area contributed by atoms with E-state index >= 15 is 0 Å². The average Bonchev–Trinajstić information content (AvgIpc) is 2.79. The number of hydrogen-bond donors (Lipinski definition) is 2. The fourth-order valence-corrected chi connectivity index (χ4v) is 5.28. The second-order valence-electron chi connectivity index (χ2n) is 7.69. The Morgan fingerprint density at radius 3 is 1.20 bits per heavy atom. The van der Waals surface area contributed by atoms with E-state index in [9.17, 15) is 0 Å². The van der Waals surface area contributed by atoms with Crippen LogP contribution in [0.2, 0.25) is 0 Å². The minimum atomic E-state index is 0.967. The summed E-state index contributed by atoms with van der Waals surface area (Å²) >= 11 is 9.89. The van der Waals surface area contributed by atoms with E-state index in [1.54, 1.807) is 0 Å². The summed E-state index contributed by atoms with van der Waals surface area (Å²) in [6.07, 6.45) is 0. The van der Waals surface area contributed by atoms with Gasteiger partial charge in [0.05, 0.1) is 0 Å². The van der Waals surface area contributed by atoms with Crippen LogP contribution in [0, 0.1) is 0 Å². The Balaban J connectivity index is 1.90. The van der Waals surface area contributed by atoms with Crippen molar-refractivity contribution in [2.24, 2.45) is 0 Å². The van der Waals surface area contributed by atoms with Gasteiger partial charge in [-0.25, -0.2) is 0 Å². The van der Waals surface area contributed by atoms with Crippen molar-refractivity contribution in [1.82, 2.24) is 0 Å². The van der Waals surface area contributed by atoms with Gasteiger partial charge in [0.2, 0.25) is 0 Å². The Morgan fingerprint density at radius 1 is 0.367 bits per heavy atom. The van der Waals surface area contributed by atoms with Crippen molar-refractivity contribution in [3.63, 3.8) is 0 Å². The average molecular weight is 419 g/mol. The predicted molar refractivity (Wildman–Crippen MR) is 136 cm³/mol. The summed E-state index contributed by atoms with van der Waals surface area (Å²) < 4.78 is 0. The van der Waals surface area contributed by atoms with Gasteiger partial charge in [0.1, 0.15) is 0 Å². The molecule has 0 aliphatic heterocycles. The first-order valence-electron chi connectivity index (χ1n) is 9.99. The van der Waals surface area contributed by atoms with Gasteiger partial charge < -0.3 is 0 Å². The molecule has 0 saturated carbocycles. The molecule has 142 valence electrons. The summed E-state index contributed by atoms with van der Waals surface area (Å²) in [5.74, 6) is 0. The van der Waals surface area contributed by atoms with Crippen LogP contribution in [-0.2, 0) is 0 Å². The topological polar surface area (TPSA) is 0 Å². The molecule has 0 aliphatic carbocycles. The molecular formula is C28H18S2. The largest absolute Gasteiger partial charge is 0.143 e. The third kappa shape index (κ3) is 2.57. The molecule has 0 spiro atoms. The third-order valence-electron chi connectivity index (χ3n) is 6.03. The van der Waals surface area contributed by atoms with E-state index in [2.05, 4.69) is 97.1 Å². The highest BCUT2D eigenvalue weighted by molar-refractivity contribution is 7.80. The SMILES string of the molecule is Sc1ccc2ccc3ccccc3c2c1-c1c(S)ccc2ccc3ccccc3c12. The quantitative estimate of drug-likeness (QED) is 0.194. The van der Waals surface area contributed by atoms with Crippen molar-refractivity contribution in [2.75, 3.05) is 0 Å². The highest BCUT2D eigenvalue weighted by atomic mass is 32.1. The molecule has 6 aromatic rings. The monoisotopic (exact) mass is 418 g/mol. The highest BCUT2D eigenvalue weighted by Gasteiger charge is 2.17. The van der Waals surface area contributed by atoms with Crippen molar-refractivity contribution in [3.8, 4) is 11.1 Å². The Morgan fingerprint density at radius 2 is 0.733 bits per heavy atom. The first kappa shape index (κ1) is 17.9. The second kappa shape index (κ2) is 6.80. The van der Waals surface area contributed by atoms with Gasteiger partial charge in [-0.2, -0.15) is 0 Å². The zero-order valence-electron chi connectivity index (χ0n) is 16.1. The molecule has 0 saturated heterocycles. The van der Waals surface area contributed by atoms with Crippen LogP contribution in [0.4, 0.5) is 0 Å². The maximum atomic E-state index is 4.94. The van der Waals surface area contributed by atoms with Crippen LogP contribution < -0.4 is 0 Å². The first-order valence-corrected chi connectivity index (χ1v) is 10.9. The Hall–Kier alpha value is -2.94. The maximum Gasteiger partial charge on any atom is 0.0126 e. The lowest BCUT2D eigenvalue weighted by Crippen LogP contribution is -1.91. The van der Waals surface area contributed by atoms with E-state index in [0.29, 0.717) is 0 Å². The fourth-order valence-electron chi connectivity index (χ4n) is 4.68. The molecule has 0 heterocycles. The highest BCUT2D eigenvalue weighted by Crippen LogP contribution is 2.45. The van der Waals surface area contributed by atoms with E-state index in [-0.39, 0.29) is 0 Å². The third-order valence-corrected chi connectivity index (χ3v) is 6.77. The van der Waals surface area contributed by atoms with Crippen LogP contribution in [0.5, 0.6) is 0 Å². The summed E-state index contributed by atoms with van der Waals surface area (Å²) in [7, 11) is 0. The molecule has 0 nitrogen and oxygen atoms in total. The second-order valence-corrected chi connectivity index (χ2v) is 8.65. The summed E-state index contributed by atoms with van der Waals surface area (Å²) in [5, 5.41) is 9.84. The smallest absolute Gasteiger partial charge is 0.0126 e. The summed E-state index contributed by atoms with van der Waals surface area (Å²) in [6.45, 7) is 0. The maximum absolute atomic E-state index is 4.94. The minimum Gasteiger partial charge on any atom is -0.143 e. The molecule has 0 atom stereocenters. The lowest BCUT2D eigenvalue weighted by atomic mass is 9.89. The Kier molecular flexibility index (Phi) is 4.05. The standard InChI is InChI=1S/C28H18S2/c29-23-15-13-19-11-9-17-5-1-3-7-21(17)25(19)27(23)28-24(30)16-14-20-12-10-18-6-2-4-8-22(18)26(20)28/h1-16,29-30H.